The molecule has 4 rings (SSSR count). The van der Waals surface area contributed by atoms with Gasteiger partial charge in [0, 0.05) is 16.9 Å². The third-order valence-corrected chi connectivity index (χ3v) is 5.74. The smallest absolute Gasteiger partial charge is 0.243 e. The van der Waals surface area contributed by atoms with Crippen molar-refractivity contribution in [3.8, 4) is 11.5 Å². The molecular weight excluding hydrogens is 370 g/mol. The second-order valence-corrected chi connectivity index (χ2v) is 8.92. The lowest BCUT2D eigenvalue weighted by atomic mass is 9.88. The van der Waals surface area contributed by atoms with E-state index in [1.165, 1.54) is 0 Å². The molecule has 2 aliphatic heterocycles. The van der Waals surface area contributed by atoms with Crippen molar-refractivity contribution in [2.45, 2.75) is 52.0 Å². The molecule has 156 valence electrons. The Bertz CT molecular complexity index is 878. The summed E-state index contributed by atoms with van der Waals surface area (Å²) in [5.41, 5.74) is 0.567. The second kappa shape index (κ2) is 7.78. The summed E-state index contributed by atoms with van der Waals surface area (Å²) < 4.78 is 16.7. The molecule has 1 fully saturated rings. The van der Waals surface area contributed by atoms with Crippen molar-refractivity contribution in [2.24, 2.45) is 5.92 Å². The van der Waals surface area contributed by atoms with Gasteiger partial charge in [0.15, 0.2) is 23.1 Å². The van der Waals surface area contributed by atoms with Gasteiger partial charge < -0.3 is 14.0 Å². The van der Waals surface area contributed by atoms with Crippen molar-refractivity contribution in [1.82, 2.24) is 15.0 Å². The molecule has 29 heavy (non-hydrogen) atoms. The Balaban J connectivity index is 1.37. The van der Waals surface area contributed by atoms with Crippen LogP contribution in [0.3, 0.4) is 0 Å². The molecule has 2 aliphatic rings. The first kappa shape index (κ1) is 19.9. The molecule has 7 nitrogen and oxygen atoms in total. The summed E-state index contributed by atoms with van der Waals surface area (Å²) in [6.07, 6.45) is 1.63. The van der Waals surface area contributed by atoms with Gasteiger partial charge in [0.25, 0.3) is 0 Å². The highest BCUT2D eigenvalue weighted by molar-refractivity contribution is 5.98. The third kappa shape index (κ3) is 4.15. The van der Waals surface area contributed by atoms with Gasteiger partial charge in [-0.1, -0.05) is 25.9 Å². The third-order valence-electron chi connectivity index (χ3n) is 5.74. The van der Waals surface area contributed by atoms with E-state index in [4.69, 9.17) is 14.0 Å². The molecule has 0 aliphatic carbocycles. The fourth-order valence-corrected chi connectivity index (χ4v) is 3.85. The molecule has 1 atom stereocenters. The van der Waals surface area contributed by atoms with Crippen LogP contribution in [0.25, 0.3) is 0 Å². The normalized spacial score (nSPS) is 19.2. The minimum absolute atomic E-state index is 0.0221. The summed E-state index contributed by atoms with van der Waals surface area (Å²) in [7, 11) is 0. The first-order valence-corrected chi connectivity index (χ1v) is 10.3. The van der Waals surface area contributed by atoms with E-state index in [0.29, 0.717) is 36.2 Å². The van der Waals surface area contributed by atoms with Crippen LogP contribution in [0, 0.1) is 5.92 Å². The van der Waals surface area contributed by atoms with E-state index >= 15 is 0 Å². The summed E-state index contributed by atoms with van der Waals surface area (Å²) in [4.78, 5) is 19.9. The number of rotatable bonds is 4. The second-order valence-electron chi connectivity index (χ2n) is 8.92. The number of nitrogens with zero attached hydrogens (tertiary/aromatic N) is 3. The number of piperidine rings is 1. The molecule has 7 heteroatoms. The predicted molar refractivity (Wildman–Crippen MR) is 107 cm³/mol. The van der Waals surface area contributed by atoms with Crippen LogP contribution in [0.15, 0.2) is 22.7 Å². The van der Waals surface area contributed by atoms with E-state index in [9.17, 15) is 4.79 Å². The molecule has 3 heterocycles. The highest BCUT2D eigenvalue weighted by Gasteiger charge is 2.31. The van der Waals surface area contributed by atoms with Crippen LogP contribution in [-0.2, 0) is 5.41 Å². The Morgan fingerprint density at radius 1 is 1.14 bits per heavy atom. The fourth-order valence-electron chi connectivity index (χ4n) is 3.85. The number of Topliss-reactive ketones (excluding diaryl/α,β-unsaturated/α-hetero) is 1. The van der Waals surface area contributed by atoms with Crippen molar-refractivity contribution >= 4 is 5.78 Å². The molecule has 0 bridgehead atoms. The molecule has 1 saturated heterocycles. The first-order chi connectivity index (χ1) is 13.8. The van der Waals surface area contributed by atoms with Gasteiger partial charge in [-0.3, -0.25) is 9.69 Å². The maximum atomic E-state index is 13.0. The van der Waals surface area contributed by atoms with Crippen molar-refractivity contribution < 1.29 is 18.8 Å². The van der Waals surface area contributed by atoms with Crippen molar-refractivity contribution in [3.63, 3.8) is 0 Å². The average Bonchev–Trinajstić information content (AvgIpc) is 3.23. The Kier molecular flexibility index (Phi) is 5.34. The van der Waals surface area contributed by atoms with Crippen LogP contribution in [0.4, 0.5) is 0 Å². The number of benzene rings is 1. The Morgan fingerprint density at radius 2 is 1.83 bits per heavy atom. The number of aromatic nitrogens is 2. The molecule has 2 aromatic rings. The molecule has 1 aromatic carbocycles. The topological polar surface area (TPSA) is 77.7 Å². The van der Waals surface area contributed by atoms with Crippen molar-refractivity contribution in [3.05, 3.63) is 35.5 Å². The van der Waals surface area contributed by atoms with Gasteiger partial charge >= 0.3 is 0 Å². The van der Waals surface area contributed by atoms with E-state index in [1.807, 2.05) is 18.2 Å². The minimum atomic E-state index is -0.134. The minimum Gasteiger partial charge on any atom is -0.486 e. The highest BCUT2D eigenvalue weighted by Crippen LogP contribution is 2.33. The fraction of sp³-hybridized carbons (Fsp3) is 0.591. The summed E-state index contributed by atoms with van der Waals surface area (Å²) in [6.45, 7) is 11.0. The summed E-state index contributed by atoms with van der Waals surface area (Å²) in [5, 5.41) is 4.13. The van der Waals surface area contributed by atoms with E-state index in [0.717, 1.165) is 31.8 Å². The van der Waals surface area contributed by atoms with Gasteiger partial charge in [-0.25, -0.2) is 0 Å². The zero-order chi connectivity index (χ0) is 20.6. The largest absolute Gasteiger partial charge is 0.486 e. The summed E-state index contributed by atoms with van der Waals surface area (Å²) >= 11 is 0. The number of ether oxygens (including phenoxy) is 2. The highest BCUT2D eigenvalue weighted by atomic mass is 16.6. The average molecular weight is 399 g/mol. The number of fused-ring (bicyclic) bond motifs is 1. The lowest BCUT2D eigenvalue weighted by Gasteiger charge is -2.34. The summed E-state index contributed by atoms with van der Waals surface area (Å²) in [6, 6.07) is 5.54. The van der Waals surface area contributed by atoms with Gasteiger partial charge in [0.05, 0.1) is 6.04 Å². The predicted octanol–water partition coefficient (Wildman–Crippen LogP) is 3.79. The quantitative estimate of drug-likeness (QED) is 0.724. The van der Waals surface area contributed by atoms with Crippen LogP contribution in [-0.4, -0.2) is 47.1 Å². The summed E-state index contributed by atoms with van der Waals surface area (Å²) in [5.74, 6) is 2.95. The number of likely N-dealkylation sites (tertiary alicyclic amines) is 1. The Morgan fingerprint density at radius 3 is 2.48 bits per heavy atom. The van der Waals surface area contributed by atoms with Crippen molar-refractivity contribution in [1.29, 1.82) is 0 Å². The number of hydrogen-bond acceptors (Lipinski definition) is 7. The number of ketones is 1. The molecule has 0 radical (unpaired) electrons. The van der Waals surface area contributed by atoms with E-state index in [2.05, 4.69) is 42.7 Å². The van der Waals surface area contributed by atoms with E-state index in [-0.39, 0.29) is 23.2 Å². The molecule has 0 saturated carbocycles. The molecule has 1 unspecified atom stereocenters. The van der Waals surface area contributed by atoms with Gasteiger partial charge in [-0.15, -0.1) is 0 Å². The van der Waals surface area contributed by atoms with Gasteiger partial charge in [0.1, 0.15) is 13.2 Å². The van der Waals surface area contributed by atoms with E-state index < -0.39 is 0 Å². The zero-order valence-electron chi connectivity index (χ0n) is 17.6. The zero-order valence-corrected chi connectivity index (χ0v) is 17.6. The molecule has 0 N–H and O–H groups in total. The van der Waals surface area contributed by atoms with E-state index in [1.54, 1.807) is 0 Å². The Hall–Kier alpha value is -2.41. The molecule has 1 aromatic heterocycles. The van der Waals surface area contributed by atoms with Gasteiger partial charge in [-0.2, -0.15) is 4.98 Å². The molecular formula is C22H29N3O4. The standard InChI is InChI=1S/C22H29N3O4/c1-14(20-23-21(24-29-20)22(2,3)4)25-9-7-15(8-10-25)19(26)16-5-6-17-18(13-16)28-12-11-27-17/h5-6,13-15H,7-12H2,1-4H3. The Labute approximate surface area is 171 Å². The van der Waals surface area contributed by atoms with Crippen LogP contribution >= 0.6 is 0 Å². The lowest BCUT2D eigenvalue weighted by molar-refractivity contribution is 0.0773. The maximum Gasteiger partial charge on any atom is 0.243 e. The van der Waals surface area contributed by atoms with Crippen molar-refractivity contribution in [2.75, 3.05) is 26.3 Å². The number of carbonyl (C=O) groups is 1. The maximum absolute atomic E-state index is 13.0. The van der Waals surface area contributed by atoms with Gasteiger partial charge in [-0.05, 0) is 51.1 Å². The monoisotopic (exact) mass is 399 g/mol. The van der Waals surface area contributed by atoms with Crippen LogP contribution in [0.2, 0.25) is 0 Å². The molecule has 0 amide bonds. The lowest BCUT2D eigenvalue weighted by Crippen LogP contribution is -2.38. The number of carbonyl (C=O) groups excluding carboxylic acids is 1. The van der Waals surface area contributed by atoms with Crippen LogP contribution in [0.1, 0.15) is 68.7 Å². The van der Waals surface area contributed by atoms with Gasteiger partial charge in [0.2, 0.25) is 5.89 Å². The first-order valence-electron chi connectivity index (χ1n) is 10.3. The molecule has 0 spiro atoms. The van der Waals surface area contributed by atoms with Crippen LogP contribution < -0.4 is 9.47 Å². The number of hydrogen-bond donors (Lipinski definition) is 0. The SMILES string of the molecule is CC(c1nc(C(C)(C)C)no1)N1CCC(C(=O)c2ccc3c(c2)OCCO3)CC1. The van der Waals surface area contributed by atoms with Crippen LogP contribution in [0.5, 0.6) is 11.5 Å².